The van der Waals surface area contributed by atoms with Crippen LogP contribution >= 0.6 is 23.4 Å². The van der Waals surface area contributed by atoms with Gasteiger partial charge < -0.3 is 10.4 Å². The molecule has 1 heterocycles. The maximum Gasteiger partial charge on any atom is 0.237 e. The number of halogens is 1. The summed E-state index contributed by atoms with van der Waals surface area (Å²) in [5.74, 6) is 1.04. The molecule has 0 spiro atoms. The van der Waals surface area contributed by atoms with E-state index in [-0.39, 0.29) is 21.9 Å². The van der Waals surface area contributed by atoms with Gasteiger partial charge >= 0.3 is 0 Å². The van der Waals surface area contributed by atoms with Crippen molar-refractivity contribution in [2.75, 3.05) is 11.1 Å². The molecule has 0 aliphatic carbocycles. The molecule has 1 saturated heterocycles. The molecule has 0 bridgehead atoms. The Morgan fingerprint density at radius 2 is 2.29 bits per heavy atom. The van der Waals surface area contributed by atoms with Gasteiger partial charge in [0.05, 0.1) is 10.3 Å². The van der Waals surface area contributed by atoms with Gasteiger partial charge in [0, 0.05) is 11.8 Å². The average Bonchev–Trinajstić information content (AvgIpc) is 2.35. The van der Waals surface area contributed by atoms with Crippen LogP contribution in [0.3, 0.4) is 0 Å². The van der Waals surface area contributed by atoms with Crippen molar-refractivity contribution >= 4 is 35.0 Å². The number of phenols is 1. The molecule has 0 radical (unpaired) electrons. The van der Waals surface area contributed by atoms with Crippen molar-refractivity contribution in [3.8, 4) is 5.75 Å². The third-order valence-electron chi connectivity index (χ3n) is 2.69. The SMILES string of the molecule is O=C(Nc1ccc(Cl)c(O)c1)C1CCCCS1. The van der Waals surface area contributed by atoms with Crippen LogP contribution in [-0.4, -0.2) is 22.0 Å². The Bertz CT molecular complexity index is 419. The normalized spacial score (nSPS) is 19.9. The van der Waals surface area contributed by atoms with Gasteiger partial charge in [-0.3, -0.25) is 4.79 Å². The molecule has 0 aromatic heterocycles. The number of thioether (sulfide) groups is 1. The van der Waals surface area contributed by atoms with Gasteiger partial charge in [0.15, 0.2) is 0 Å². The molecule has 2 N–H and O–H groups in total. The predicted octanol–water partition coefficient (Wildman–Crippen LogP) is 3.27. The largest absolute Gasteiger partial charge is 0.506 e. The molecule has 1 atom stereocenters. The van der Waals surface area contributed by atoms with Crippen molar-refractivity contribution < 1.29 is 9.90 Å². The Balaban J connectivity index is 1.99. The van der Waals surface area contributed by atoms with E-state index in [0.29, 0.717) is 5.69 Å². The first-order chi connectivity index (χ1) is 8.16. The van der Waals surface area contributed by atoms with Gasteiger partial charge in [-0.25, -0.2) is 0 Å². The highest BCUT2D eigenvalue weighted by Gasteiger charge is 2.21. The maximum absolute atomic E-state index is 11.9. The van der Waals surface area contributed by atoms with Gasteiger partial charge in [0.25, 0.3) is 0 Å². The minimum Gasteiger partial charge on any atom is -0.506 e. The Morgan fingerprint density at radius 1 is 1.47 bits per heavy atom. The number of hydrogen-bond acceptors (Lipinski definition) is 3. The van der Waals surface area contributed by atoms with Crippen LogP contribution in [0.2, 0.25) is 5.02 Å². The molecule has 0 saturated carbocycles. The summed E-state index contributed by atoms with van der Waals surface area (Å²) >= 11 is 7.40. The number of rotatable bonds is 2. The van der Waals surface area contributed by atoms with Crippen LogP contribution in [-0.2, 0) is 4.79 Å². The van der Waals surface area contributed by atoms with E-state index in [1.807, 2.05) is 0 Å². The van der Waals surface area contributed by atoms with E-state index >= 15 is 0 Å². The molecule has 1 aromatic rings. The molecular formula is C12H14ClNO2S. The quantitative estimate of drug-likeness (QED) is 0.868. The van der Waals surface area contributed by atoms with Crippen LogP contribution in [0.4, 0.5) is 5.69 Å². The third kappa shape index (κ3) is 3.30. The van der Waals surface area contributed by atoms with E-state index < -0.39 is 0 Å². The summed E-state index contributed by atoms with van der Waals surface area (Å²) in [7, 11) is 0. The number of phenolic OH excluding ortho intramolecular Hbond substituents is 1. The molecule has 1 aliphatic rings. The second-order valence-corrected chi connectivity index (χ2v) is 5.73. The number of hydrogen-bond donors (Lipinski definition) is 2. The van der Waals surface area contributed by atoms with Gasteiger partial charge in [-0.05, 0) is 30.7 Å². The van der Waals surface area contributed by atoms with Crippen LogP contribution in [0.1, 0.15) is 19.3 Å². The summed E-state index contributed by atoms with van der Waals surface area (Å²) in [4.78, 5) is 11.9. The van der Waals surface area contributed by atoms with Crippen molar-refractivity contribution in [2.45, 2.75) is 24.5 Å². The highest BCUT2D eigenvalue weighted by Crippen LogP contribution is 2.29. The van der Waals surface area contributed by atoms with E-state index in [0.717, 1.165) is 18.6 Å². The van der Waals surface area contributed by atoms with Gasteiger partial charge in [-0.15, -0.1) is 11.8 Å². The molecule has 5 heteroatoms. The summed E-state index contributed by atoms with van der Waals surface area (Å²) in [6.45, 7) is 0. The topological polar surface area (TPSA) is 49.3 Å². The Hall–Kier alpha value is -0.870. The Kier molecular flexibility index (Phi) is 4.18. The van der Waals surface area contributed by atoms with Gasteiger partial charge in [0.1, 0.15) is 5.75 Å². The molecule has 2 rings (SSSR count). The fourth-order valence-electron chi connectivity index (χ4n) is 1.76. The lowest BCUT2D eigenvalue weighted by Crippen LogP contribution is -2.27. The van der Waals surface area contributed by atoms with Crippen LogP contribution in [0.25, 0.3) is 0 Å². The monoisotopic (exact) mass is 271 g/mol. The van der Waals surface area contributed by atoms with Gasteiger partial charge in [-0.2, -0.15) is 0 Å². The summed E-state index contributed by atoms with van der Waals surface area (Å²) < 4.78 is 0. The first-order valence-corrected chi connectivity index (χ1v) is 7.00. The summed E-state index contributed by atoms with van der Waals surface area (Å²) in [5, 5.41) is 12.6. The Labute approximate surface area is 110 Å². The van der Waals surface area contributed by atoms with E-state index in [1.54, 1.807) is 23.9 Å². The second-order valence-electron chi connectivity index (χ2n) is 4.01. The van der Waals surface area contributed by atoms with Gasteiger partial charge in [-0.1, -0.05) is 18.0 Å². The molecule has 3 nitrogen and oxygen atoms in total. The average molecular weight is 272 g/mol. The van der Waals surface area contributed by atoms with Crippen molar-refractivity contribution in [3.05, 3.63) is 23.2 Å². The zero-order valence-corrected chi connectivity index (χ0v) is 10.9. The zero-order chi connectivity index (χ0) is 12.3. The smallest absolute Gasteiger partial charge is 0.237 e. The molecule has 1 unspecified atom stereocenters. The number of anilines is 1. The molecule has 1 aliphatic heterocycles. The fourth-order valence-corrected chi connectivity index (χ4v) is 3.08. The lowest BCUT2D eigenvalue weighted by atomic mass is 10.2. The molecular weight excluding hydrogens is 258 g/mol. The highest BCUT2D eigenvalue weighted by atomic mass is 35.5. The number of aromatic hydroxyl groups is 1. The lowest BCUT2D eigenvalue weighted by molar-refractivity contribution is -0.115. The predicted molar refractivity (Wildman–Crippen MR) is 71.8 cm³/mol. The number of nitrogens with one attached hydrogen (secondary N) is 1. The fraction of sp³-hybridized carbons (Fsp3) is 0.417. The van der Waals surface area contributed by atoms with Gasteiger partial charge in [0.2, 0.25) is 5.91 Å². The van der Waals surface area contributed by atoms with E-state index in [1.165, 1.54) is 12.5 Å². The van der Waals surface area contributed by atoms with Crippen molar-refractivity contribution in [1.82, 2.24) is 0 Å². The molecule has 1 amide bonds. The van der Waals surface area contributed by atoms with Crippen molar-refractivity contribution in [2.24, 2.45) is 0 Å². The van der Waals surface area contributed by atoms with E-state index in [9.17, 15) is 9.90 Å². The number of benzene rings is 1. The molecule has 17 heavy (non-hydrogen) atoms. The van der Waals surface area contributed by atoms with Crippen LogP contribution in [0.5, 0.6) is 5.75 Å². The van der Waals surface area contributed by atoms with Crippen LogP contribution < -0.4 is 5.32 Å². The van der Waals surface area contributed by atoms with Crippen molar-refractivity contribution in [1.29, 1.82) is 0 Å². The van der Waals surface area contributed by atoms with Crippen molar-refractivity contribution in [3.63, 3.8) is 0 Å². The first kappa shape index (κ1) is 12.6. The third-order valence-corrected chi connectivity index (χ3v) is 4.38. The first-order valence-electron chi connectivity index (χ1n) is 5.58. The molecule has 92 valence electrons. The summed E-state index contributed by atoms with van der Waals surface area (Å²) in [5.41, 5.74) is 0.586. The summed E-state index contributed by atoms with van der Waals surface area (Å²) in [6, 6.07) is 4.72. The lowest BCUT2D eigenvalue weighted by Gasteiger charge is -2.20. The molecule has 1 fully saturated rings. The minimum atomic E-state index is -0.0132. The Morgan fingerprint density at radius 3 is 2.94 bits per heavy atom. The molecule has 1 aromatic carbocycles. The van der Waals surface area contributed by atoms with E-state index in [4.69, 9.17) is 11.6 Å². The van der Waals surface area contributed by atoms with Crippen LogP contribution in [0, 0.1) is 0 Å². The van der Waals surface area contributed by atoms with Crippen LogP contribution in [0.15, 0.2) is 18.2 Å². The standard InChI is InChI=1S/C12H14ClNO2S/c13-9-5-4-8(7-10(9)15)14-12(16)11-3-1-2-6-17-11/h4-5,7,11,15H,1-3,6H2,(H,14,16). The second kappa shape index (κ2) is 5.65. The maximum atomic E-state index is 11.9. The zero-order valence-electron chi connectivity index (χ0n) is 9.28. The van der Waals surface area contributed by atoms with E-state index in [2.05, 4.69) is 5.32 Å². The number of amides is 1. The minimum absolute atomic E-state index is 0.0106. The number of carbonyl (C=O) groups excluding carboxylic acids is 1. The highest BCUT2D eigenvalue weighted by molar-refractivity contribution is 8.00. The summed E-state index contributed by atoms with van der Waals surface area (Å²) in [6.07, 6.45) is 3.23. The number of carbonyl (C=O) groups is 1.